The van der Waals surface area contributed by atoms with Crippen LogP contribution in [0, 0.1) is 0 Å². The van der Waals surface area contributed by atoms with E-state index in [0.717, 1.165) is 32.1 Å². The normalized spacial score (nSPS) is 14.4. The Bertz CT molecular complexity index is 472. The first-order valence-corrected chi connectivity index (χ1v) is 8.49. The van der Waals surface area contributed by atoms with Gasteiger partial charge in [0.05, 0.1) is 0 Å². The molecule has 0 radical (unpaired) electrons. The van der Waals surface area contributed by atoms with Crippen molar-refractivity contribution in [2.24, 2.45) is 0 Å². The zero-order chi connectivity index (χ0) is 15.2. The summed E-state index contributed by atoms with van der Waals surface area (Å²) >= 11 is 1.32. The van der Waals surface area contributed by atoms with Gasteiger partial charge in [-0.05, 0) is 25.8 Å². The summed E-state index contributed by atoms with van der Waals surface area (Å²) in [5.74, 6) is 0.187. The van der Waals surface area contributed by atoms with Gasteiger partial charge in [0.25, 0.3) is 5.91 Å². The number of amides is 1. The largest absolute Gasteiger partial charge is 0.382 e. The fraction of sp³-hybridized carbons (Fsp3) is 0.714. The molecule has 118 valence electrons. The summed E-state index contributed by atoms with van der Waals surface area (Å²) in [5.41, 5.74) is 5.82. The second-order valence-corrected chi connectivity index (χ2v) is 6.27. The highest BCUT2D eigenvalue weighted by atomic mass is 32.1. The van der Waals surface area contributed by atoms with Gasteiger partial charge in [-0.25, -0.2) is 4.98 Å². The Morgan fingerprint density at radius 3 is 2.81 bits per heavy atom. The lowest BCUT2D eigenvalue weighted by atomic mass is 10.4. The number of nitrogens with zero attached hydrogens (tertiary/aromatic N) is 2. The number of hydrogen-bond donors (Lipinski definition) is 3. The molecule has 1 aromatic rings. The van der Waals surface area contributed by atoms with Gasteiger partial charge in [0.2, 0.25) is 0 Å². The quantitative estimate of drug-likeness (QED) is 0.647. The molecule has 7 heteroatoms. The fourth-order valence-electron chi connectivity index (χ4n) is 2.23. The van der Waals surface area contributed by atoms with Crippen LogP contribution in [-0.2, 0) is 0 Å². The highest BCUT2D eigenvalue weighted by Crippen LogP contribution is 2.26. The Balaban J connectivity index is 1.80. The average molecular weight is 311 g/mol. The number of nitrogens with one attached hydrogen (secondary N) is 2. The second-order valence-electron chi connectivity index (χ2n) is 5.28. The Hall–Kier alpha value is -1.34. The summed E-state index contributed by atoms with van der Waals surface area (Å²) in [4.78, 5) is 19.2. The SMILES string of the molecule is CCCNc1nc(N)c(C(=O)NCCN(CC)C2CC2)s1. The molecule has 1 saturated carbocycles. The lowest BCUT2D eigenvalue weighted by Crippen LogP contribution is -2.36. The van der Waals surface area contributed by atoms with Crippen LogP contribution in [-0.4, -0.2) is 48.0 Å². The van der Waals surface area contributed by atoms with Crippen molar-refractivity contribution < 1.29 is 4.79 Å². The molecule has 0 aliphatic heterocycles. The number of carbonyl (C=O) groups is 1. The Morgan fingerprint density at radius 2 is 2.19 bits per heavy atom. The minimum Gasteiger partial charge on any atom is -0.382 e. The highest BCUT2D eigenvalue weighted by molar-refractivity contribution is 7.18. The molecule has 4 N–H and O–H groups in total. The smallest absolute Gasteiger partial charge is 0.265 e. The van der Waals surface area contributed by atoms with Gasteiger partial charge in [0, 0.05) is 25.7 Å². The third-order valence-corrected chi connectivity index (χ3v) is 4.57. The molecule has 21 heavy (non-hydrogen) atoms. The number of nitrogen functional groups attached to an aromatic ring is 1. The summed E-state index contributed by atoms with van der Waals surface area (Å²) in [6.45, 7) is 7.66. The van der Waals surface area contributed by atoms with E-state index in [-0.39, 0.29) is 5.91 Å². The van der Waals surface area contributed by atoms with Crippen LogP contribution in [0.3, 0.4) is 0 Å². The van der Waals surface area contributed by atoms with Crippen LogP contribution in [0.1, 0.15) is 42.8 Å². The van der Waals surface area contributed by atoms with Gasteiger partial charge in [0.15, 0.2) is 5.13 Å². The third kappa shape index (κ3) is 4.57. The van der Waals surface area contributed by atoms with E-state index in [1.165, 1.54) is 24.2 Å². The zero-order valence-electron chi connectivity index (χ0n) is 12.8. The molecule has 1 aromatic heterocycles. The number of anilines is 2. The van der Waals surface area contributed by atoms with Crippen molar-refractivity contribution in [3.8, 4) is 0 Å². The Labute approximate surface area is 130 Å². The van der Waals surface area contributed by atoms with Crippen LogP contribution in [0.2, 0.25) is 0 Å². The van der Waals surface area contributed by atoms with Crippen molar-refractivity contribution in [1.29, 1.82) is 0 Å². The molecule has 0 saturated heterocycles. The number of rotatable bonds is 9. The maximum absolute atomic E-state index is 12.1. The van der Waals surface area contributed by atoms with Crippen LogP contribution in [0.15, 0.2) is 0 Å². The molecule has 0 atom stereocenters. The monoisotopic (exact) mass is 311 g/mol. The molecule has 0 spiro atoms. The number of carbonyl (C=O) groups excluding carboxylic acids is 1. The first kappa shape index (κ1) is 16.0. The maximum Gasteiger partial charge on any atom is 0.265 e. The van der Waals surface area contributed by atoms with Crippen molar-refractivity contribution in [3.05, 3.63) is 4.88 Å². The molecule has 6 nitrogen and oxygen atoms in total. The summed E-state index contributed by atoms with van der Waals surface area (Å²) in [7, 11) is 0. The second kappa shape index (κ2) is 7.61. The van der Waals surface area contributed by atoms with Crippen molar-refractivity contribution in [3.63, 3.8) is 0 Å². The standard InChI is InChI=1S/C14H25N5OS/c1-3-7-17-14-18-12(15)11(21-14)13(20)16-8-9-19(4-2)10-5-6-10/h10H,3-9,15H2,1-2H3,(H,16,20)(H,17,18). The van der Waals surface area contributed by atoms with Crippen molar-refractivity contribution in [2.45, 2.75) is 39.2 Å². The molecule has 1 heterocycles. The van der Waals surface area contributed by atoms with E-state index in [9.17, 15) is 4.79 Å². The average Bonchev–Trinajstić information content (AvgIpc) is 3.24. The number of nitrogens with two attached hydrogens (primary N) is 1. The van der Waals surface area contributed by atoms with E-state index in [0.29, 0.717) is 22.4 Å². The predicted molar refractivity (Wildman–Crippen MR) is 87.9 cm³/mol. The van der Waals surface area contributed by atoms with Crippen molar-refractivity contribution in [2.75, 3.05) is 37.2 Å². The van der Waals surface area contributed by atoms with Gasteiger partial charge in [-0.15, -0.1) is 0 Å². The van der Waals surface area contributed by atoms with Gasteiger partial charge < -0.3 is 16.4 Å². The van der Waals surface area contributed by atoms with Crippen LogP contribution < -0.4 is 16.4 Å². The molecule has 1 aliphatic rings. The topological polar surface area (TPSA) is 83.3 Å². The maximum atomic E-state index is 12.1. The molecular formula is C14H25N5OS. The van der Waals surface area contributed by atoms with Gasteiger partial charge in [0.1, 0.15) is 10.7 Å². The molecule has 1 aliphatic carbocycles. The first-order chi connectivity index (χ1) is 10.2. The molecule has 0 unspecified atom stereocenters. The predicted octanol–water partition coefficient (Wildman–Crippen LogP) is 1.76. The molecule has 2 rings (SSSR count). The van der Waals surface area contributed by atoms with Gasteiger partial charge >= 0.3 is 0 Å². The van der Waals surface area contributed by atoms with Gasteiger partial charge in [-0.1, -0.05) is 25.2 Å². The summed E-state index contributed by atoms with van der Waals surface area (Å²) < 4.78 is 0. The minimum absolute atomic E-state index is 0.124. The Kier molecular flexibility index (Phi) is 5.81. The van der Waals surface area contributed by atoms with Crippen LogP contribution in [0.4, 0.5) is 10.9 Å². The molecule has 0 aromatic carbocycles. The number of likely N-dealkylation sites (N-methyl/N-ethyl adjacent to an activating group) is 1. The van der Waals surface area contributed by atoms with E-state index in [2.05, 4.69) is 34.4 Å². The minimum atomic E-state index is -0.124. The van der Waals surface area contributed by atoms with Gasteiger partial charge in [-0.2, -0.15) is 0 Å². The van der Waals surface area contributed by atoms with Crippen LogP contribution in [0.25, 0.3) is 0 Å². The fourth-order valence-corrected chi connectivity index (χ4v) is 3.06. The van der Waals surface area contributed by atoms with Crippen LogP contribution >= 0.6 is 11.3 Å². The summed E-state index contributed by atoms with van der Waals surface area (Å²) in [6, 6.07) is 0.727. The van der Waals surface area contributed by atoms with E-state index < -0.39 is 0 Å². The summed E-state index contributed by atoms with van der Waals surface area (Å²) in [6.07, 6.45) is 3.58. The van der Waals surface area contributed by atoms with E-state index in [1.54, 1.807) is 0 Å². The van der Waals surface area contributed by atoms with Crippen molar-refractivity contribution in [1.82, 2.24) is 15.2 Å². The zero-order valence-corrected chi connectivity index (χ0v) is 13.6. The molecule has 0 bridgehead atoms. The highest BCUT2D eigenvalue weighted by Gasteiger charge is 2.27. The lowest BCUT2D eigenvalue weighted by molar-refractivity contribution is 0.0952. The molecule has 1 fully saturated rings. The lowest BCUT2D eigenvalue weighted by Gasteiger charge is -2.19. The van der Waals surface area contributed by atoms with Crippen molar-refractivity contribution >= 4 is 28.2 Å². The van der Waals surface area contributed by atoms with E-state index >= 15 is 0 Å². The van der Waals surface area contributed by atoms with Crippen LogP contribution in [0.5, 0.6) is 0 Å². The number of thiazole rings is 1. The summed E-state index contributed by atoms with van der Waals surface area (Å²) in [5, 5.41) is 6.81. The van der Waals surface area contributed by atoms with E-state index in [4.69, 9.17) is 5.73 Å². The van der Waals surface area contributed by atoms with E-state index in [1.807, 2.05) is 0 Å². The first-order valence-electron chi connectivity index (χ1n) is 7.68. The third-order valence-electron chi connectivity index (χ3n) is 3.54. The molecule has 1 amide bonds. The Morgan fingerprint density at radius 1 is 1.43 bits per heavy atom. The molecular weight excluding hydrogens is 286 g/mol. The number of hydrogen-bond acceptors (Lipinski definition) is 6. The van der Waals surface area contributed by atoms with Gasteiger partial charge in [-0.3, -0.25) is 9.69 Å². The number of aromatic nitrogens is 1.